The molecule has 0 saturated carbocycles. The Morgan fingerprint density at radius 2 is 2.07 bits per heavy atom. The van der Waals surface area contributed by atoms with Gasteiger partial charge in [-0.05, 0) is 25.9 Å². The van der Waals surface area contributed by atoms with Gasteiger partial charge in [-0.1, -0.05) is 26.7 Å². The van der Waals surface area contributed by atoms with E-state index in [1.54, 1.807) is 0 Å². The zero-order valence-corrected chi connectivity index (χ0v) is 9.84. The fraction of sp³-hybridized carbons (Fsp3) is 0.833. The number of hydrogen-bond donors (Lipinski definition) is 1. The molecule has 1 unspecified atom stereocenters. The van der Waals surface area contributed by atoms with E-state index in [0.29, 0.717) is 6.04 Å². The van der Waals surface area contributed by atoms with Gasteiger partial charge in [0.15, 0.2) is 0 Å². The molecule has 0 rings (SSSR count). The molecule has 1 N–H and O–H groups in total. The van der Waals surface area contributed by atoms with E-state index in [2.05, 4.69) is 36.9 Å². The smallest absolute Gasteiger partial charge is 0.0601 e. The van der Waals surface area contributed by atoms with E-state index in [-0.39, 0.29) is 0 Å². The minimum atomic E-state index is 0.589. The number of hydrogen-bond acceptors (Lipinski definition) is 2. The molecule has 0 aliphatic heterocycles. The van der Waals surface area contributed by atoms with Gasteiger partial charge in [0.05, 0.1) is 6.54 Å². The van der Waals surface area contributed by atoms with Crippen LogP contribution in [0.25, 0.3) is 0 Å². The maximum absolute atomic E-state index is 5.37. The molecule has 0 amide bonds. The van der Waals surface area contributed by atoms with E-state index in [1.807, 2.05) is 0 Å². The molecule has 0 aromatic rings. The van der Waals surface area contributed by atoms with Crippen LogP contribution in [-0.2, 0) is 0 Å². The predicted molar refractivity (Wildman–Crippen MR) is 63.3 cm³/mol. The van der Waals surface area contributed by atoms with Crippen molar-refractivity contribution in [2.45, 2.75) is 39.7 Å². The standard InChI is InChI=1S/C12H24N2/c1-5-9-14(10-6-2)12(7-3)11-13-8-4/h1,12-13H,6-11H2,2-4H3. The van der Waals surface area contributed by atoms with Crippen LogP contribution in [-0.4, -0.2) is 37.1 Å². The number of terminal acetylenes is 1. The molecule has 14 heavy (non-hydrogen) atoms. The van der Waals surface area contributed by atoms with Crippen LogP contribution in [0.1, 0.15) is 33.6 Å². The second kappa shape index (κ2) is 9.05. The summed E-state index contributed by atoms with van der Waals surface area (Å²) in [6.07, 6.45) is 7.70. The quantitative estimate of drug-likeness (QED) is 0.595. The average Bonchev–Trinajstić information content (AvgIpc) is 2.19. The highest BCUT2D eigenvalue weighted by atomic mass is 15.2. The highest BCUT2D eigenvalue weighted by Crippen LogP contribution is 2.03. The Balaban J connectivity index is 4.04. The normalized spacial score (nSPS) is 12.8. The molecular formula is C12H24N2. The summed E-state index contributed by atoms with van der Waals surface area (Å²) in [5, 5.41) is 3.39. The van der Waals surface area contributed by atoms with Crippen molar-refractivity contribution in [2.75, 3.05) is 26.2 Å². The Morgan fingerprint density at radius 3 is 2.50 bits per heavy atom. The molecule has 82 valence electrons. The molecule has 0 saturated heterocycles. The SMILES string of the molecule is C#CCN(CCC)C(CC)CNCC. The largest absolute Gasteiger partial charge is 0.315 e. The molecule has 2 nitrogen and oxygen atoms in total. The first kappa shape index (κ1) is 13.5. The molecule has 0 aliphatic carbocycles. The molecule has 0 aliphatic rings. The van der Waals surface area contributed by atoms with E-state index in [1.165, 1.54) is 6.42 Å². The highest BCUT2D eigenvalue weighted by molar-refractivity contribution is 4.90. The van der Waals surface area contributed by atoms with Gasteiger partial charge in [0.1, 0.15) is 0 Å². The molecule has 0 heterocycles. The first-order valence-corrected chi connectivity index (χ1v) is 5.68. The summed E-state index contributed by atoms with van der Waals surface area (Å²) in [6.45, 7) is 10.5. The minimum Gasteiger partial charge on any atom is -0.315 e. The lowest BCUT2D eigenvalue weighted by Crippen LogP contribution is -2.42. The summed E-state index contributed by atoms with van der Waals surface area (Å²) in [5.74, 6) is 2.74. The number of nitrogens with zero attached hydrogens (tertiary/aromatic N) is 1. The maximum Gasteiger partial charge on any atom is 0.0601 e. The topological polar surface area (TPSA) is 15.3 Å². The molecule has 1 atom stereocenters. The Hall–Kier alpha value is -0.520. The van der Waals surface area contributed by atoms with Gasteiger partial charge in [0.25, 0.3) is 0 Å². The van der Waals surface area contributed by atoms with E-state index in [4.69, 9.17) is 6.42 Å². The summed E-state index contributed by atoms with van der Waals surface area (Å²) < 4.78 is 0. The van der Waals surface area contributed by atoms with Crippen LogP contribution in [0.2, 0.25) is 0 Å². The van der Waals surface area contributed by atoms with Gasteiger partial charge in [0.2, 0.25) is 0 Å². The third-order valence-corrected chi connectivity index (χ3v) is 2.42. The monoisotopic (exact) mass is 196 g/mol. The number of rotatable bonds is 8. The van der Waals surface area contributed by atoms with Crippen LogP contribution in [0.4, 0.5) is 0 Å². The second-order valence-electron chi connectivity index (χ2n) is 3.54. The van der Waals surface area contributed by atoms with Gasteiger partial charge in [-0.25, -0.2) is 0 Å². The summed E-state index contributed by atoms with van der Waals surface area (Å²) >= 11 is 0. The Morgan fingerprint density at radius 1 is 1.36 bits per heavy atom. The number of likely N-dealkylation sites (N-methyl/N-ethyl adjacent to an activating group) is 1. The van der Waals surface area contributed by atoms with Crippen LogP contribution in [0.5, 0.6) is 0 Å². The third kappa shape index (κ3) is 5.26. The highest BCUT2D eigenvalue weighted by Gasteiger charge is 2.13. The second-order valence-corrected chi connectivity index (χ2v) is 3.54. The van der Waals surface area contributed by atoms with E-state index in [0.717, 1.165) is 32.6 Å². The average molecular weight is 196 g/mol. The van der Waals surface area contributed by atoms with Gasteiger partial charge in [-0.15, -0.1) is 6.42 Å². The van der Waals surface area contributed by atoms with E-state index >= 15 is 0 Å². The Bertz CT molecular complexity index is 160. The molecule has 0 spiro atoms. The van der Waals surface area contributed by atoms with Gasteiger partial charge >= 0.3 is 0 Å². The molecule has 0 aromatic carbocycles. The van der Waals surface area contributed by atoms with Crippen LogP contribution >= 0.6 is 0 Å². The number of nitrogens with one attached hydrogen (secondary N) is 1. The van der Waals surface area contributed by atoms with Crippen molar-refractivity contribution in [1.29, 1.82) is 0 Å². The summed E-state index contributed by atoms with van der Waals surface area (Å²) in [7, 11) is 0. The van der Waals surface area contributed by atoms with Crippen LogP contribution in [0.15, 0.2) is 0 Å². The van der Waals surface area contributed by atoms with Crippen molar-refractivity contribution in [3.05, 3.63) is 0 Å². The van der Waals surface area contributed by atoms with E-state index in [9.17, 15) is 0 Å². The minimum absolute atomic E-state index is 0.589. The lowest BCUT2D eigenvalue weighted by molar-refractivity contribution is 0.210. The lowest BCUT2D eigenvalue weighted by Gasteiger charge is -2.29. The zero-order chi connectivity index (χ0) is 10.8. The van der Waals surface area contributed by atoms with Crippen molar-refractivity contribution in [1.82, 2.24) is 10.2 Å². The van der Waals surface area contributed by atoms with Crippen molar-refractivity contribution < 1.29 is 0 Å². The van der Waals surface area contributed by atoms with Crippen LogP contribution in [0, 0.1) is 12.3 Å². The Labute approximate surface area is 89.1 Å². The van der Waals surface area contributed by atoms with Gasteiger partial charge in [0, 0.05) is 12.6 Å². The fourth-order valence-electron chi connectivity index (χ4n) is 1.64. The molecule has 0 aromatic heterocycles. The van der Waals surface area contributed by atoms with Gasteiger partial charge in [-0.3, -0.25) is 4.90 Å². The summed E-state index contributed by atoms with van der Waals surface area (Å²) in [6, 6.07) is 0.589. The Kier molecular flexibility index (Phi) is 8.72. The maximum atomic E-state index is 5.37. The molecular weight excluding hydrogens is 172 g/mol. The van der Waals surface area contributed by atoms with Crippen molar-refractivity contribution in [3.63, 3.8) is 0 Å². The van der Waals surface area contributed by atoms with Crippen molar-refractivity contribution in [3.8, 4) is 12.3 Å². The van der Waals surface area contributed by atoms with Gasteiger partial charge in [-0.2, -0.15) is 0 Å². The molecule has 2 heteroatoms. The molecule has 0 radical (unpaired) electrons. The van der Waals surface area contributed by atoms with Crippen molar-refractivity contribution in [2.24, 2.45) is 0 Å². The summed E-state index contributed by atoms with van der Waals surface area (Å²) in [5.41, 5.74) is 0. The zero-order valence-electron chi connectivity index (χ0n) is 9.84. The predicted octanol–water partition coefficient (Wildman–Crippen LogP) is 1.72. The van der Waals surface area contributed by atoms with E-state index < -0.39 is 0 Å². The third-order valence-electron chi connectivity index (χ3n) is 2.42. The summed E-state index contributed by atoms with van der Waals surface area (Å²) in [4.78, 5) is 2.39. The lowest BCUT2D eigenvalue weighted by atomic mass is 10.1. The first-order valence-electron chi connectivity index (χ1n) is 5.68. The van der Waals surface area contributed by atoms with Crippen LogP contribution in [0.3, 0.4) is 0 Å². The molecule has 0 fully saturated rings. The molecule has 0 bridgehead atoms. The first-order chi connectivity index (χ1) is 6.79. The fourth-order valence-corrected chi connectivity index (χ4v) is 1.64. The van der Waals surface area contributed by atoms with Crippen LogP contribution < -0.4 is 5.32 Å². The van der Waals surface area contributed by atoms with Gasteiger partial charge < -0.3 is 5.32 Å². The van der Waals surface area contributed by atoms with Crippen molar-refractivity contribution >= 4 is 0 Å².